The topological polar surface area (TPSA) is 106 Å². The molecule has 1 aliphatic rings. The molecule has 114 valence electrons. The van der Waals surface area contributed by atoms with E-state index in [1.54, 1.807) is 6.92 Å². The lowest BCUT2D eigenvalue weighted by Gasteiger charge is -2.11. The number of hydrogen-bond acceptors (Lipinski definition) is 6. The molecule has 1 saturated carbocycles. The highest BCUT2D eigenvalue weighted by Crippen LogP contribution is 2.21. The van der Waals surface area contributed by atoms with Crippen molar-refractivity contribution in [1.82, 2.24) is 10.3 Å². The first kappa shape index (κ1) is 15.1. The van der Waals surface area contributed by atoms with Crippen LogP contribution in [0.4, 0.5) is 11.5 Å². The maximum Gasteiger partial charge on any atom is 0.340 e. The fourth-order valence-electron chi connectivity index (χ4n) is 1.82. The van der Waals surface area contributed by atoms with Gasteiger partial charge in [-0.1, -0.05) is 0 Å². The second-order valence-electron chi connectivity index (χ2n) is 4.86. The highest BCUT2D eigenvalue weighted by Gasteiger charge is 2.22. The molecule has 0 bridgehead atoms. The molecular weight excluding hydrogens is 272 g/mol. The lowest BCUT2D eigenvalue weighted by atomic mass is 10.2. The number of pyridine rings is 1. The first-order chi connectivity index (χ1) is 10.1. The summed E-state index contributed by atoms with van der Waals surface area (Å²) in [6, 6.07) is 1.87. The van der Waals surface area contributed by atoms with Crippen molar-refractivity contribution >= 4 is 23.4 Å². The third kappa shape index (κ3) is 4.34. The summed E-state index contributed by atoms with van der Waals surface area (Å²) >= 11 is 0. The van der Waals surface area contributed by atoms with Crippen molar-refractivity contribution < 1.29 is 14.3 Å². The molecule has 1 heterocycles. The first-order valence-electron chi connectivity index (χ1n) is 7.06. The number of nitrogens with one attached hydrogen (secondary N) is 2. The van der Waals surface area contributed by atoms with Crippen molar-refractivity contribution in [2.45, 2.75) is 32.2 Å². The van der Waals surface area contributed by atoms with Crippen molar-refractivity contribution in [2.75, 3.05) is 24.2 Å². The molecule has 0 saturated heterocycles. The van der Waals surface area contributed by atoms with Crippen molar-refractivity contribution in [3.63, 3.8) is 0 Å². The fourth-order valence-corrected chi connectivity index (χ4v) is 1.82. The molecule has 0 unspecified atom stereocenters. The number of amides is 1. The zero-order valence-electron chi connectivity index (χ0n) is 12.0. The largest absolute Gasteiger partial charge is 0.462 e. The zero-order chi connectivity index (χ0) is 15.2. The maximum absolute atomic E-state index is 11.7. The van der Waals surface area contributed by atoms with Crippen LogP contribution in [0.15, 0.2) is 12.3 Å². The van der Waals surface area contributed by atoms with Crippen LogP contribution in [0.5, 0.6) is 0 Å². The Bertz CT molecular complexity index is 529. The molecule has 0 aliphatic heterocycles. The fraction of sp³-hybridized carbons (Fsp3) is 0.500. The number of rotatable bonds is 7. The highest BCUT2D eigenvalue weighted by molar-refractivity contribution is 5.97. The molecule has 0 atom stereocenters. The number of anilines is 2. The number of aromatic nitrogens is 1. The third-order valence-corrected chi connectivity index (χ3v) is 3.07. The minimum Gasteiger partial charge on any atom is -0.462 e. The molecule has 2 rings (SSSR count). The molecule has 1 aromatic rings. The molecular formula is C14H20N4O3. The number of nitrogens with two attached hydrogens (primary N) is 1. The summed E-state index contributed by atoms with van der Waals surface area (Å²) in [5.41, 5.74) is 6.41. The van der Waals surface area contributed by atoms with Crippen LogP contribution in [0, 0.1) is 0 Å². The third-order valence-electron chi connectivity index (χ3n) is 3.07. The Balaban J connectivity index is 1.88. The summed E-state index contributed by atoms with van der Waals surface area (Å²) in [6.45, 7) is 2.42. The van der Waals surface area contributed by atoms with E-state index in [4.69, 9.17) is 10.5 Å². The van der Waals surface area contributed by atoms with E-state index < -0.39 is 5.97 Å². The molecule has 1 fully saturated rings. The van der Waals surface area contributed by atoms with Gasteiger partial charge in [0.05, 0.1) is 17.9 Å². The van der Waals surface area contributed by atoms with E-state index in [-0.39, 0.29) is 23.8 Å². The van der Waals surface area contributed by atoms with E-state index in [0.717, 1.165) is 12.8 Å². The summed E-state index contributed by atoms with van der Waals surface area (Å²) in [4.78, 5) is 27.3. The normalized spacial score (nSPS) is 13.6. The number of carbonyl (C=O) groups excluding carboxylic acids is 2. The van der Waals surface area contributed by atoms with E-state index in [9.17, 15) is 9.59 Å². The van der Waals surface area contributed by atoms with E-state index >= 15 is 0 Å². The van der Waals surface area contributed by atoms with Gasteiger partial charge >= 0.3 is 5.97 Å². The summed E-state index contributed by atoms with van der Waals surface area (Å²) < 4.78 is 4.92. The minimum absolute atomic E-state index is 0.00474. The molecule has 0 radical (unpaired) electrons. The van der Waals surface area contributed by atoms with Gasteiger partial charge in [0, 0.05) is 25.2 Å². The van der Waals surface area contributed by atoms with E-state index in [1.807, 2.05) is 0 Å². The Morgan fingerprint density at radius 2 is 2.24 bits per heavy atom. The average molecular weight is 292 g/mol. The van der Waals surface area contributed by atoms with Gasteiger partial charge in [0.15, 0.2) is 0 Å². The smallest absolute Gasteiger partial charge is 0.340 e. The van der Waals surface area contributed by atoms with Gasteiger partial charge in [0.1, 0.15) is 5.82 Å². The molecule has 4 N–H and O–H groups in total. The number of hydrogen-bond donors (Lipinski definition) is 3. The van der Waals surface area contributed by atoms with Crippen molar-refractivity contribution in [2.24, 2.45) is 0 Å². The van der Waals surface area contributed by atoms with E-state index in [2.05, 4.69) is 15.6 Å². The molecule has 0 spiro atoms. The number of nitrogens with zero attached hydrogens (tertiary/aromatic N) is 1. The van der Waals surface area contributed by atoms with E-state index in [1.165, 1.54) is 12.3 Å². The molecule has 0 aromatic carbocycles. The monoisotopic (exact) mass is 292 g/mol. The van der Waals surface area contributed by atoms with Gasteiger partial charge in [-0.05, 0) is 25.8 Å². The number of ether oxygens (including phenoxy) is 1. The molecule has 7 heteroatoms. The van der Waals surface area contributed by atoms with Gasteiger partial charge < -0.3 is 21.1 Å². The molecule has 1 aromatic heterocycles. The van der Waals surface area contributed by atoms with Crippen LogP contribution in [0.25, 0.3) is 0 Å². The number of carbonyl (C=O) groups is 2. The van der Waals surface area contributed by atoms with Gasteiger partial charge in [-0.15, -0.1) is 0 Å². The quantitative estimate of drug-likeness (QED) is 0.645. The van der Waals surface area contributed by atoms with Crippen molar-refractivity contribution in [3.8, 4) is 0 Å². The predicted octanol–water partition coefficient (Wildman–Crippen LogP) is 0.921. The SMILES string of the molecule is CCOC(=O)c1ccnc(NCCC(=O)NC2CC2)c1N. The van der Waals surface area contributed by atoms with Crippen molar-refractivity contribution in [3.05, 3.63) is 17.8 Å². The second kappa shape index (κ2) is 6.92. The predicted molar refractivity (Wildman–Crippen MR) is 78.9 cm³/mol. The Hall–Kier alpha value is -2.31. The lowest BCUT2D eigenvalue weighted by Crippen LogP contribution is -2.27. The lowest BCUT2D eigenvalue weighted by molar-refractivity contribution is -0.120. The average Bonchev–Trinajstić information content (AvgIpc) is 3.25. The Morgan fingerprint density at radius 1 is 1.48 bits per heavy atom. The summed E-state index contributed by atoms with van der Waals surface area (Å²) in [7, 11) is 0. The van der Waals surface area contributed by atoms with Gasteiger partial charge in [0.25, 0.3) is 0 Å². The molecule has 7 nitrogen and oxygen atoms in total. The minimum atomic E-state index is -0.480. The second-order valence-corrected chi connectivity index (χ2v) is 4.86. The summed E-state index contributed by atoms with van der Waals surface area (Å²) in [5.74, 6) is -0.0863. The van der Waals surface area contributed by atoms with Crippen LogP contribution in [0.2, 0.25) is 0 Å². The van der Waals surface area contributed by atoms with Crippen LogP contribution in [-0.4, -0.2) is 36.1 Å². The van der Waals surface area contributed by atoms with Crippen LogP contribution >= 0.6 is 0 Å². The molecule has 1 amide bonds. The van der Waals surface area contributed by atoms with Gasteiger partial charge in [-0.2, -0.15) is 0 Å². The standard InChI is InChI=1S/C14H20N4O3/c1-2-21-14(20)10-5-7-16-13(12(10)15)17-8-6-11(19)18-9-3-4-9/h5,7,9H,2-4,6,8,15H2,1H3,(H,16,17)(H,18,19). The zero-order valence-corrected chi connectivity index (χ0v) is 12.0. The summed E-state index contributed by atoms with van der Waals surface area (Å²) in [5, 5.41) is 5.87. The number of esters is 1. The Labute approximate surface area is 123 Å². The molecule has 1 aliphatic carbocycles. The van der Waals surface area contributed by atoms with E-state index in [0.29, 0.717) is 24.8 Å². The van der Waals surface area contributed by atoms with Crippen LogP contribution in [0.3, 0.4) is 0 Å². The van der Waals surface area contributed by atoms with Gasteiger partial charge in [-0.3, -0.25) is 4.79 Å². The van der Waals surface area contributed by atoms with Crippen LogP contribution in [-0.2, 0) is 9.53 Å². The van der Waals surface area contributed by atoms with Gasteiger partial charge in [-0.25, -0.2) is 9.78 Å². The van der Waals surface area contributed by atoms with Crippen LogP contribution in [0.1, 0.15) is 36.5 Å². The van der Waals surface area contributed by atoms with Gasteiger partial charge in [0.2, 0.25) is 5.91 Å². The Kier molecular flexibility index (Phi) is 4.97. The van der Waals surface area contributed by atoms with Crippen LogP contribution < -0.4 is 16.4 Å². The maximum atomic E-state index is 11.7. The summed E-state index contributed by atoms with van der Waals surface area (Å²) in [6.07, 6.45) is 3.95. The Morgan fingerprint density at radius 3 is 2.90 bits per heavy atom. The highest BCUT2D eigenvalue weighted by atomic mass is 16.5. The van der Waals surface area contributed by atoms with Crippen molar-refractivity contribution in [1.29, 1.82) is 0 Å². The molecule has 21 heavy (non-hydrogen) atoms. The first-order valence-corrected chi connectivity index (χ1v) is 7.06. The number of nitrogen functional groups attached to an aromatic ring is 1.